The standard InChI is InChI=1S/C22H30N6O3/c1-23-22(28-10-8-27(9-11-28)15-19-7-12-31-26-19)24-14-17-3-2-4-20(13-17)30-16-21(29)25-18-5-6-18/h2-4,7,12-13,18H,5-6,8-11,14-16H2,1H3,(H,23,24)(H,25,29). The van der Waals surface area contributed by atoms with Gasteiger partial charge in [0.1, 0.15) is 12.0 Å². The van der Waals surface area contributed by atoms with Crippen molar-refractivity contribution in [2.24, 2.45) is 4.99 Å². The van der Waals surface area contributed by atoms with Gasteiger partial charge in [0.15, 0.2) is 12.6 Å². The van der Waals surface area contributed by atoms with Crippen molar-refractivity contribution in [1.29, 1.82) is 0 Å². The lowest BCUT2D eigenvalue weighted by Gasteiger charge is -2.36. The number of nitrogens with zero attached hydrogens (tertiary/aromatic N) is 4. The lowest BCUT2D eigenvalue weighted by atomic mass is 10.2. The van der Waals surface area contributed by atoms with Crippen molar-refractivity contribution in [2.75, 3.05) is 39.8 Å². The second-order valence-electron chi connectivity index (χ2n) is 7.93. The van der Waals surface area contributed by atoms with Gasteiger partial charge in [0.05, 0.1) is 5.69 Å². The zero-order chi connectivity index (χ0) is 21.5. The fraction of sp³-hybridized carbons (Fsp3) is 0.500. The number of ether oxygens (including phenoxy) is 1. The van der Waals surface area contributed by atoms with E-state index in [1.165, 1.54) is 0 Å². The number of hydrogen-bond donors (Lipinski definition) is 2. The molecule has 0 unspecified atom stereocenters. The maximum Gasteiger partial charge on any atom is 0.258 e. The van der Waals surface area contributed by atoms with Gasteiger partial charge in [-0.3, -0.25) is 14.7 Å². The van der Waals surface area contributed by atoms with E-state index in [2.05, 4.69) is 30.6 Å². The third-order valence-electron chi connectivity index (χ3n) is 5.42. The molecule has 2 heterocycles. The number of carbonyl (C=O) groups excluding carboxylic acids is 1. The highest BCUT2D eigenvalue weighted by atomic mass is 16.5. The molecule has 31 heavy (non-hydrogen) atoms. The Bertz CT molecular complexity index is 873. The summed E-state index contributed by atoms with van der Waals surface area (Å²) in [5.41, 5.74) is 2.04. The first kappa shape index (κ1) is 21.2. The number of aromatic nitrogens is 1. The molecule has 1 saturated heterocycles. The van der Waals surface area contributed by atoms with Gasteiger partial charge in [-0.05, 0) is 30.5 Å². The Morgan fingerprint density at radius 2 is 2.10 bits per heavy atom. The zero-order valence-corrected chi connectivity index (χ0v) is 17.9. The molecule has 1 amide bonds. The molecule has 1 saturated carbocycles. The summed E-state index contributed by atoms with van der Waals surface area (Å²) in [4.78, 5) is 20.9. The van der Waals surface area contributed by atoms with Gasteiger partial charge >= 0.3 is 0 Å². The molecular weight excluding hydrogens is 396 g/mol. The maximum atomic E-state index is 11.8. The Hall–Kier alpha value is -3.07. The number of benzene rings is 1. The number of aliphatic imine (C=N–C) groups is 1. The van der Waals surface area contributed by atoms with Gasteiger partial charge in [-0.25, -0.2) is 0 Å². The van der Waals surface area contributed by atoms with E-state index in [0.29, 0.717) is 18.3 Å². The van der Waals surface area contributed by atoms with E-state index in [1.807, 2.05) is 37.4 Å². The van der Waals surface area contributed by atoms with Gasteiger partial charge in [0.25, 0.3) is 5.91 Å². The Balaban J connectivity index is 1.21. The van der Waals surface area contributed by atoms with Crippen LogP contribution in [0.3, 0.4) is 0 Å². The van der Waals surface area contributed by atoms with Crippen LogP contribution in [0.2, 0.25) is 0 Å². The summed E-state index contributed by atoms with van der Waals surface area (Å²) < 4.78 is 10.6. The van der Waals surface area contributed by atoms with Crippen molar-refractivity contribution in [3.8, 4) is 5.75 Å². The summed E-state index contributed by atoms with van der Waals surface area (Å²) in [7, 11) is 1.81. The molecule has 1 aromatic carbocycles. The van der Waals surface area contributed by atoms with Crippen LogP contribution < -0.4 is 15.4 Å². The first-order chi connectivity index (χ1) is 15.2. The SMILES string of the molecule is CN=C(NCc1cccc(OCC(=O)NC2CC2)c1)N1CCN(Cc2ccon2)CC1. The number of nitrogens with one attached hydrogen (secondary N) is 2. The molecule has 4 rings (SSSR count). The number of piperazine rings is 1. The summed E-state index contributed by atoms with van der Waals surface area (Å²) in [5, 5.41) is 10.4. The average Bonchev–Trinajstić information content (AvgIpc) is 3.45. The Morgan fingerprint density at radius 1 is 1.26 bits per heavy atom. The summed E-state index contributed by atoms with van der Waals surface area (Å²) >= 11 is 0. The fourth-order valence-corrected chi connectivity index (χ4v) is 3.57. The van der Waals surface area contributed by atoms with Gasteiger partial charge in [0, 0.05) is 58.4 Å². The predicted molar refractivity (Wildman–Crippen MR) is 117 cm³/mol. The number of amides is 1. The highest BCUT2D eigenvalue weighted by Gasteiger charge is 2.23. The average molecular weight is 427 g/mol. The molecule has 0 radical (unpaired) electrons. The van der Waals surface area contributed by atoms with E-state index in [4.69, 9.17) is 9.26 Å². The summed E-state index contributed by atoms with van der Waals surface area (Å²) in [6.07, 6.45) is 3.76. The Morgan fingerprint density at radius 3 is 2.81 bits per heavy atom. The minimum Gasteiger partial charge on any atom is -0.484 e. The smallest absolute Gasteiger partial charge is 0.258 e. The Kier molecular flexibility index (Phi) is 7.03. The topological polar surface area (TPSA) is 95.2 Å². The minimum atomic E-state index is -0.0610. The van der Waals surface area contributed by atoms with Gasteiger partial charge < -0.3 is 24.8 Å². The van der Waals surface area contributed by atoms with Crippen molar-refractivity contribution in [3.63, 3.8) is 0 Å². The molecule has 2 aliphatic rings. The molecule has 1 aromatic heterocycles. The molecule has 1 aliphatic carbocycles. The van der Waals surface area contributed by atoms with Crippen molar-refractivity contribution in [2.45, 2.75) is 32.0 Å². The maximum absolute atomic E-state index is 11.8. The molecule has 9 heteroatoms. The third kappa shape index (κ3) is 6.45. The van der Waals surface area contributed by atoms with Gasteiger partial charge in [-0.2, -0.15) is 0 Å². The van der Waals surface area contributed by atoms with E-state index in [9.17, 15) is 4.79 Å². The van der Waals surface area contributed by atoms with E-state index in [0.717, 1.165) is 62.8 Å². The molecule has 2 N–H and O–H groups in total. The normalized spacial score (nSPS) is 17.5. The fourth-order valence-electron chi connectivity index (χ4n) is 3.57. The van der Waals surface area contributed by atoms with E-state index in [1.54, 1.807) is 6.26 Å². The quantitative estimate of drug-likeness (QED) is 0.484. The van der Waals surface area contributed by atoms with Crippen LogP contribution in [-0.4, -0.2) is 72.7 Å². The van der Waals surface area contributed by atoms with Crippen LogP contribution in [0.1, 0.15) is 24.1 Å². The van der Waals surface area contributed by atoms with Crippen LogP contribution >= 0.6 is 0 Å². The highest BCUT2D eigenvalue weighted by Crippen LogP contribution is 2.18. The van der Waals surface area contributed by atoms with Crippen LogP contribution in [-0.2, 0) is 17.9 Å². The van der Waals surface area contributed by atoms with Crippen LogP contribution in [0.4, 0.5) is 0 Å². The molecular formula is C22H30N6O3. The summed E-state index contributed by atoms with van der Waals surface area (Å²) in [6.45, 7) is 5.18. The number of rotatable bonds is 8. The van der Waals surface area contributed by atoms with Crippen LogP contribution in [0, 0.1) is 0 Å². The van der Waals surface area contributed by atoms with Gasteiger partial charge in [0.2, 0.25) is 0 Å². The predicted octanol–water partition coefficient (Wildman–Crippen LogP) is 1.23. The van der Waals surface area contributed by atoms with Crippen molar-refractivity contribution in [1.82, 2.24) is 25.6 Å². The van der Waals surface area contributed by atoms with E-state index < -0.39 is 0 Å². The first-order valence-electron chi connectivity index (χ1n) is 10.8. The largest absolute Gasteiger partial charge is 0.484 e. The van der Waals surface area contributed by atoms with Crippen LogP contribution in [0.5, 0.6) is 5.75 Å². The number of carbonyl (C=O) groups is 1. The second kappa shape index (κ2) is 10.3. The summed E-state index contributed by atoms with van der Waals surface area (Å²) in [6, 6.07) is 10.1. The van der Waals surface area contributed by atoms with E-state index in [-0.39, 0.29) is 12.5 Å². The first-order valence-corrected chi connectivity index (χ1v) is 10.8. The highest BCUT2D eigenvalue weighted by molar-refractivity contribution is 5.80. The number of guanidine groups is 1. The lowest BCUT2D eigenvalue weighted by molar-refractivity contribution is -0.123. The van der Waals surface area contributed by atoms with Gasteiger partial charge in [-0.15, -0.1) is 0 Å². The molecule has 0 bridgehead atoms. The molecule has 2 fully saturated rings. The molecule has 166 valence electrons. The molecule has 9 nitrogen and oxygen atoms in total. The van der Waals surface area contributed by atoms with Gasteiger partial charge in [-0.1, -0.05) is 17.3 Å². The zero-order valence-electron chi connectivity index (χ0n) is 17.9. The van der Waals surface area contributed by atoms with Crippen molar-refractivity contribution < 1.29 is 14.1 Å². The second-order valence-corrected chi connectivity index (χ2v) is 7.93. The lowest BCUT2D eigenvalue weighted by Crippen LogP contribution is -2.52. The van der Waals surface area contributed by atoms with E-state index >= 15 is 0 Å². The van der Waals surface area contributed by atoms with Crippen LogP contribution in [0.15, 0.2) is 46.1 Å². The monoisotopic (exact) mass is 426 g/mol. The minimum absolute atomic E-state index is 0.0493. The molecule has 0 atom stereocenters. The summed E-state index contributed by atoms with van der Waals surface area (Å²) in [5.74, 6) is 1.52. The van der Waals surface area contributed by atoms with Crippen LogP contribution in [0.25, 0.3) is 0 Å². The number of hydrogen-bond acceptors (Lipinski definition) is 6. The third-order valence-corrected chi connectivity index (χ3v) is 5.42. The molecule has 2 aromatic rings. The Labute approximate surface area is 182 Å². The molecule has 0 spiro atoms. The van der Waals surface area contributed by atoms with Crippen molar-refractivity contribution >= 4 is 11.9 Å². The molecule has 1 aliphatic heterocycles. The van der Waals surface area contributed by atoms with Crippen molar-refractivity contribution in [3.05, 3.63) is 47.9 Å².